The molecule has 114 valence electrons. The normalized spacial score (nSPS) is 10.5. The lowest BCUT2D eigenvalue weighted by molar-refractivity contribution is 0.0529. The van der Waals surface area contributed by atoms with Gasteiger partial charge >= 0.3 is 6.09 Å². The molecule has 0 saturated carbocycles. The molecule has 0 heterocycles. The number of aliphatic hydroxyl groups is 1. The molecule has 0 saturated heterocycles. The lowest BCUT2D eigenvalue weighted by atomic mass is 10.1. The Morgan fingerprint density at radius 3 is 2.76 bits per heavy atom. The zero-order valence-electron chi connectivity index (χ0n) is 12.5. The first-order chi connectivity index (χ1) is 9.81. The van der Waals surface area contributed by atoms with Gasteiger partial charge in [0.05, 0.1) is 6.61 Å². The van der Waals surface area contributed by atoms with Gasteiger partial charge < -0.3 is 15.2 Å². The minimum absolute atomic E-state index is 0.117. The molecule has 2 N–H and O–H groups in total. The van der Waals surface area contributed by atoms with Crippen LogP contribution in [0, 0.1) is 11.8 Å². The van der Waals surface area contributed by atoms with Gasteiger partial charge in [-0.25, -0.2) is 4.79 Å². The Morgan fingerprint density at radius 1 is 1.43 bits per heavy atom. The number of carbonyl (C=O) groups is 1. The van der Waals surface area contributed by atoms with Crippen LogP contribution in [0.1, 0.15) is 38.3 Å². The first-order valence-corrected chi connectivity index (χ1v) is 7.04. The minimum atomic E-state index is -0.500. The lowest BCUT2D eigenvalue weighted by Crippen LogP contribution is -2.32. The van der Waals surface area contributed by atoms with E-state index in [0.717, 1.165) is 5.56 Å². The van der Waals surface area contributed by atoms with Crippen molar-refractivity contribution in [1.82, 2.24) is 5.32 Å². The van der Waals surface area contributed by atoms with Gasteiger partial charge in [-0.1, -0.05) is 23.4 Å². The van der Waals surface area contributed by atoms with Crippen LogP contribution in [0.25, 0.3) is 0 Å². The molecule has 0 fully saturated rings. The zero-order chi connectivity index (χ0) is 15.9. The summed E-state index contributed by atoms with van der Waals surface area (Å²) in [4.78, 5) is 11.4. The molecular weight excluding hydrogens is 290 g/mol. The van der Waals surface area contributed by atoms with Gasteiger partial charge in [0.2, 0.25) is 0 Å². The van der Waals surface area contributed by atoms with E-state index in [2.05, 4.69) is 17.2 Å². The molecule has 5 heteroatoms. The van der Waals surface area contributed by atoms with E-state index < -0.39 is 11.7 Å². The Balaban J connectivity index is 2.42. The highest BCUT2D eigenvalue weighted by atomic mass is 35.5. The zero-order valence-corrected chi connectivity index (χ0v) is 13.3. The molecule has 1 rings (SSSR count). The van der Waals surface area contributed by atoms with Gasteiger partial charge in [0, 0.05) is 23.6 Å². The summed E-state index contributed by atoms with van der Waals surface area (Å²) in [7, 11) is 0. The van der Waals surface area contributed by atoms with E-state index in [1.165, 1.54) is 0 Å². The molecule has 0 aromatic heterocycles. The van der Waals surface area contributed by atoms with Crippen molar-refractivity contribution in [2.75, 3.05) is 6.54 Å². The molecule has 0 unspecified atom stereocenters. The molecule has 0 aliphatic heterocycles. The third-order valence-electron chi connectivity index (χ3n) is 2.37. The predicted octanol–water partition coefficient (Wildman–Crippen LogP) is 3.10. The maximum absolute atomic E-state index is 11.4. The van der Waals surface area contributed by atoms with Crippen LogP contribution in [0.5, 0.6) is 0 Å². The second-order valence-corrected chi connectivity index (χ2v) is 5.85. The van der Waals surface area contributed by atoms with Gasteiger partial charge in [-0.15, -0.1) is 0 Å². The van der Waals surface area contributed by atoms with E-state index in [1.807, 2.05) is 20.8 Å². The van der Waals surface area contributed by atoms with Crippen LogP contribution in [-0.4, -0.2) is 23.3 Å². The molecule has 21 heavy (non-hydrogen) atoms. The molecule has 0 atom stereocenters. The Labute approximate surface area is 130 Å². The van der Waals surface area contributed by atoms with Crippen LogP contribution in [0.15, 0.2) is 18.2 Å². The maximum Gasteiger partial charge on any atom is 0.407 e. The minimum Gasteiger partial charge on any atom is -0.444 e. The summed E-state index contributed by atoms with van der Waals surface area (Å²) < 4.78 is 5.11. The second kappa shape index (κ2) is 7.92. The number of nitrogens with one attached hydrogen (secondary N) is 1. The molecule has 1 aromatic carbocycles. The molecule has 1 aromatic rings. The molecular formula is C16H20ClNO3. The van der Waals surface area contributed by atoms with Crippen LogP contribution in [0.4, 0.5) is 4.79 Å². The third-order valence-corrected chi connectivity index (χ3v) is 2.74. The van der Waals surface area contributed by atoms with Gasteiger partial charge in [-0.3, -0.25) is 0 Å². The van der Waals surface area contributed by atoms with Crippen LogP contribution in [-0.2, 0) is 11.3 Å². The van der Waals surface area contributed by atoms with E-state index in [0.29, 0.717) is 23.6 Å². The Morgan fingerprint density at radius 2 is 2.14 bits per heavy atom. The Hall–Kier alpha value is -1.70. The average Bonchev–Trinajstić information content (AvgIpc) is 2.38. The molecule has 0 bridgehead atoms. The highest BCUT2D eigenvalue weighted by molar-refractivity contribution is 6.31. The van der Waals surface area contributed by atoms with Crippen molar-refractivity contribution in [1.29, 1.82) is 0 Å². The topological polar surface area (TPSA) is 58.6 Å². The van der Waals surface area contributed by atoms with Gasteiger partial charge in [-0.05, 0) is 44.5 Å². The number of aliphatic hydroxyl groups excluding tert-OH is 1. The highest BCUT2D eigenvalue weighted by Gasteiger charge is 2.15. The number of alkyl carbamates (subject to hydrolysis) is 1. The number of halogens is 1. The van der Waals surface area contributed by atoms with Crippen molar-refractivity contribution in [3.8, 4) is 11.8 Å². The second-order valence-electron chi connectivity index (χ2n) is 5.44. The van der Waals surface area contributed by atoms with Crippen molar-refractivity contribution in [3.05, 3.63) is 34.3 Å². The summed E-state index contributed by atoms with van der Waals surface area (Å²) in [5, 5.41) is 12.3. The monoisotopic (exact) mass is 309 g/mol. The fourth-order valence-electron chi connectivity index (χ4n) is 1.48. The third kappa shape index (κ3) is 7.03. The van der Waals surface area contributed by atoms with Crippen molar-refractivity contribution in [2.24, 2.45) is 0 Å². The van der Waals surface area contributed by atoms with Gasteiger partial charge in [0.15, 0.2) is 0 Å². The summed E-state index contributed by atoms with van der Waals surface area (Å²) in [6.07, 6.45) is 0.0643. The standard InChI is InChI=1S/C16H20ClNO3/c1-16(2,3)21-15(20)18-9-5-4-6-12-7-8-14(17)13(10-12)11-19/h7-8,10,19H,5,9,11H2,1-3H3,(H,18,20). The fraction of sp³-hybridized carbons (Fsp3) is 0.438. The Bertz CT molecular complexity index is 553. The lowest BCUT2D eigenvalue weighted by Gasteiger charge is -2.19. The molecule has 0 aliphatic rings. The number of benzene rings is 1. The van der Waals surface area contributed by atoms with Gasteiger partial charge in [-0.2, -0.15) is 0 Å². The van der Waals surface area contributed by atoms with E-state index >= 15 is 0 Å². The molecule has 0 aliphatic carbocycles. The first-order valence-electron chi connectivity index (χ1n) is 6.67. The smallest absolute Gasteiger partial charge is 0.407 e. The first kappa shape index (κ1) is 17.4. The number of hydrogen-bond acceptors (Lipinski definition) is 3. The molecule has 0 spiro atoms. The number of amides is 1. The van der Waals surface area contributed by atoms with Crippen LogP contribution < -0.4 is 5.32 Å². The Kier molecular flexibility index (Phi) is 6.54. The number of hydrogen-bond donors (Lipinski definition) is 2. The van der Waals surface area contributed by atoms with Crippen LogP contribution in [0.2, 0.25) is 5.02 Å². The fourth-order valence-corrected chi connectivity index (χ4v) is 1.66. The number of carbonyl (C=O) groups excluding carboxylic acids is 1. The molecule has 4 nitrogen and oxygen atoms in total. The summed E-state index contributed by atoms with van der Waals surface area (Å²) in [6, 6.07) is 5.24. The number of ether oxygens (including phenoxy) is 1. The van der Waals surface area contributed by atoms with Gasteiger partial charge in [0.1, 0.15) is 5.60 Å². The van der Waals surface area contributed by atoms with Crippen molar-refractivity contribution >= 4 is 17.7 Å². The van der Waals surface area contributed by atoms with Crippen molar-refractivity contribution in [3.63, 3.8) is 0 Å². The maximum atomic E-state index is 11.4. The SMILES string of the molecule is CC(C)(C)OC(=O)NCCC#Cc1ccc(Cl)c(CO)c1. The van der Waals surface area contributed by atoms with Crippen LogP contribution >= 0.6 is 11.6 Å². The quantitative estimate of drug-likeness (QED) is 0.666. The van der Waals surface area contributed by atoms with Crippen molar-refractivity contribution < 1.29 is 14.6 Å². The highest BCUT2D eigenvalue weighted by Crippen LogP contribution is 2.16. The van der Waals surface area contributed by atoms with Gasteiger partial charge in [0.25, 0.3) is 0 Å². The van der Waals surface area contributed by atoms with E-state index in [1.54, 1.807) is 18.2 Å². The average molecular weight is 310 g/mol. The summed E-state index contributed by atoms with van der Waals surface area (Å²) in [5.74, 6) is 5.90. The summed E-state index contributed by atoms with van der Waals surface area (Å²) in [6.45, 7) is 5.74. The van der Waals surface area contributed by atoms with E-state index in [9.17, 15) is 4.79 Å². The summed E-state index contributed by atoms with van der Waals surface area (Å²) in [5.41, 5.74) is 0.927. The van der Waals surface area contributed by atoms with E-state index in [4.69, 9.17) is 21.4 Å². The largest absolute Gasteiger partial charge is 0.444 e. The number of rotatable bonds is 3. The predicted molar refractivity (Wildman–Crippen MR) is 83.1 cm³/mol. The van der Waals surface area contributed by atoms with Crippen LogP contribution in [0.3, 0.4) is 0 Å². The summed E-state index contributed by atoms with van der Waals surface area (Å²) >= 11 is 5.90. The van der Waals surface area contributed by atoms with E-state index in [-0.39, 0.29) is 6.61 Å². The molecule has 1 amide bonds. The van der Waals surface area contributed by atoms with Crippen molar-refractivity contribution in [2.45, 2.75) is 39.4 Å². The molecule has 0 radical (unpaired) electrons.